The van der Waals surface area contributed by atoms with E-state index in [9.17, 15) is 0 Å². The fourth-order valence-electron chi connectivity index (χ4n) is 0. The van der Waals surface area contributed by atoms with Crippen molar-refractivity contribution in [1.29, 1.82) is 0 Å². The van der Waals surface area contributed by atoms with Gasteiger partial charge in [0.2, 0.25) is 0 Å². The van der Waals surface area contributed by atoms with Crippen LogP contribution < -0.4 is 9.79 Å². The van der Waals surface area contributed by atoms with Crippen LogP contribution in [-0.4, -0.2) is 38.9 Å². The standard InChI is InChI=1S/Mg.H3O4P.2H2O/c;1-5(2,3)4;;/h;(H3,1,2,3,4);2*1H2/q+2;;;/p-2. The van der Waals surface area contributed by atoms with E-state index in [0.717, 1.165) is 0 Å². The molecule has 5 N–H and O–H groups in total. The molecule has 0 amide bonds. The molecule has 0 saturated carbocycles. The van der Waals surface area contributed by atoms with Crippen molar-refractivity contribution in [3.8, 4) is 0 Å². The van der Waals surface area contributed by atoms with Crippen molar-refractivity contribution in [2.24, 2.45) is 0 Å². The first kappa shape index (κ1) is 23.2. The van der Waals surface area contributed by atoms with Crippen molar-refractivity contribution in [1.82, 2.24) is 0 Å². The van der Waals surface area contributed by atoms with Crippen LogP contribution in [0, 0.1) is 0 Å². The van der Waals surface area contributed by atoms with E-state index in [1.54, 1.807) is 0 Å². The maximum absolute atomic E-state index is 8.66. The molecule has 0 rings (SSSR count). The molecule has 0 atom stereocenters. The van der Waals surface area contributed by atoms with Crippen LogP contribution in [0.4, 0.5) is 0 Å². The van der Waals surface area contributed by atoms with Gasteiger partial charge in [-0.3, -0.25) is 0 Å². The van der Waals surface area contributed by atoms with E-state index in [-0.39, 0.29) is 34.0 Å². The largest absolute Gasteiger partial charge is 2.00 e. The topological polar surface area (TPSA) is 146 Å². The van der Waals surface area contributed by atoms with E-state index in [1.807, 2.05) is 0 Å². The van der Waals surface area contributed by atoms with Crippen molar-refractivity contribution < 1.29 is 30.2 Å². The molecular formula is H5MgO6P. The van der Waals surface area contributed by atoms with Crippen LogP contribution in [0.3, 0.4) is 0 Å². The zero-order valence-corrected chi connectivity index (χ0v) is 6.13. The zero-order valence-electron chi connectivity index (χ0n) is 3.83. The summed E-state index contributed by atoms with van der Waals surface area (Å²) in [6, 6.07) is 0. The SMILES string of the molecule is O.O.O=P([O-])([O-])O.[Mg+2]. The summed E-state index contributed by atoms with van der Waals surface area (Å²) in [6.07, 6.45) is 0. The smallest absolute Gasteiger partial charge is 0.790 e. The number of rotatable bonds is 0. The minimum absolute atomic E-state index is 0. The van der Waals surface area contributed by atoms with Gasteiger partial charge in [0, 0.05) is 0 Å². The Balaban J connectivity index is -0.0000000267. The molecule has 48 valence electrons. The molecule has 0 aliphatic rings. The third-order valence-electron chi connectivity index (χ3n) is 0. The zero-order chi connectivity index (χ0) is 4.50. The first-order valence-corrected chi connectivity index (χ1v) is 2.24. The Morgan fingerprint density at radius 3 is 1.25 bits per heavy atom. The quantitative estimate of drug-likeness (QED) is 0.279. The second kappa shape index (κ2) is 7.80. The summed E-state index contributed by atoms with van der Waals surface area (Å²) < 4.78 is 8.66. The van der Waals surface area contributed by atoms with Gasteiger partial charge < -0.3 is 30.2 Å². The van der Waals surface area contributed by atoms with E-state index in [0.29, 0.717) is 0 Å². The molecule has 8 heteroatoms. The van der Waals surface area contributed by atoms with Gasteiger partial charge in [-0.2, -0.15) is 0 Å². The molecule has 0 aromatic carbocycles. The summed E-state index contributed by atoms with van der Waals surface area (Å²) in [5, 5.41) is 0. The van der Waals surface area contributed by atoms with Crippen molar-refractivity contribution in [3.05, 3.63) is 0 Å². The Labute approximate surface area is 61.5 Å². The molecule has 8 heavy (non-hydrogen) atoms. The van der Waals surface area contributed by atoms with Crippen LogP contribution in [0.2, 0.25) is 0 Å². The molecule has 6 nitrogen and oxygen atoms in total. The second-order valence-electron chi connectivity index (χ2n) is 0.469. The molecule has 0 aliphatic carbocycles. The number of hydrogen-bond acceptors (Lipinski definition) is 3. The van der Waals surface area contributed by atoms with Gasteiger partial charge in [-0.25, -0.2) is 0 Å². The summed E-state index contributed by atoms with van der Waals surface area (Å²) in [5.74, 6) is 0. The minimum atomic E-state index is -5.14. The maximum atomic E-state index is 8.66. The summed E-state index contributed by atoms with van der Waals surface area (Å²) >= 11 is 0. The van der Waals surface area contributed by atoms with Crippen LogP contribution in [-0.2, 0) is 4.57 Å². The van der Waals surface area contributed by atoms with Gasteiger partial charge >= 0.3 is 23.1 Å². The Morgan fingerprint density at radius 1 is 1.25 bits per heavy atom. The summed E-state index contributed by atoms with van der Waals surface area (Å²) in [5.41, 5.74) is 0. The molecule has 0 unspecified atom stereocenters. The fourth-order valence-corrected chi connectivity index (χ4v) is 0. The van der Waals surface area contributed by atoms with Gasteiger partial charge in [-0.15, -0.1) is 0 Å². The summed E-state index contributed by atoms with van der Waals surface area (Å²) in [7, 11) is -5.14. The average molecular weight is 156 g/mol. The molecule has 0 saturated heterocycles. The number of hydrogen-bond donors (Lipinski definition) is 1. The van der Waals surface area contributed by atoms with E-state index in [2.05, 4.69) is 0 Å². The van der Waals surface area contributed by atoms with Crippen molar-refractivity contribution in [2.45, 2.75) is 0 Å². The Kier molecular flexibility index (Phi) is 22.6. The van der Waals surface area contributed by atoms with Gasteiger partial charge in [0.1, 0.15) is 0 Å². The molecule has 0 bridgehead atoms. The van der Waals surface area contributed by atoms with E-state index < -0.39 is 7.82 Å². The predicted octanol–water partition coefficient (Wildman–Crippen LogP) is -4.22. The fraction of sp³-hybridized carbons (Fsp3) is 0. The summed E-state index contributed by atoms with van der Waals surface area (Å²) in [4.78, 5) is 24.3. The van der Waals surface area contributed by atoms with E-state index in [1.165, 1.54) is 0 Å². The van der Waals surface area contributed by atoms with Crippen molar-refractivity contribution >= 4 is 30.9 Å². The normalized spacial score (nSPS) is 7.38. The molecular weight excluding hydrogens is 151 g/mol. The molecule has 0 aromatic rings. The molecule has 0 aliphatic heterocycles. The van der Waals surface area contributed by atoms with Gasteiger partial charge in [0.25, 0.3) is 0 Å². The van der Waals surface area contributed by atoms with Crippen LogP contribution in [0.1, 0.15) is 0 Å². The molecule has 0 spiro atoms. The van der Waals surface area contributed by atoms with Gasteiger partial charge in [-0.1, -0.05) is 0 Å². The van der Waals surface area contributed by atoms with Crippen molar-refractivity contribution in [2.75, 3.05) is 0 Å². The van der Waals surface area contributed by atoms with Gasteiger partial charge in [0.05, 0.1) is 7.82 Å². The Bertz CT molecular complexity index is 54.7. The monoisotopic (exact) mass is 156 g/mol. The van der Waals surface area contributed by atoms with Crippen molar-refractivity contribution in [3.63, 3.8) is 0 Å². The van der Waals surface area contributed by atoms with Crippen LogP contribution in [0.15, 0.2) is 0 Å². The third-order valence-corrected chi connectivity index (χ3v) is 0. The molecule has 0 radical (unpaired) electrons. The third kappa shape index (κ3) is 360. The minimum Gasteiger partial charge on any atom is -0.790 e. The maximum Gasteiger partial charge on any atom is 2.00 e. The first-order valence-electron chi connectivity index (χ1n) is 0.748. The Morgan fingerprint density at radius 2 is 1.25 bits per heavy atom. The van der Waals surface area contributed by atoms with Crippen LogP contribution in [0.5, 0.6) is 0 Å². The average Bonchev–Trinajstić information content (AvgIpc) is 0.722. The first-order chi connectivity index (χ1) is 2.00. The summed E-state index contributed by atoms with van der Waals surface area (Å²) in [6.45, 7) is 0. The van der Waals surface area contributed by atoms with E-state index in [4.69, 9.17) is 19.2 Å². The second-order valence-corrected chi connectivity index (χ2v) is 1.41. The Hall–Kier alpha value is 0.796. The van der Waals surface area contributed by atoms with E-state index >= 15 is 0 Å². The molecule has 0 aromatic heterocycles. The van der Waals surface area contributed by atoms with Gasteiger partial charge in [0.15, 0.2) is 0 Å². The van der Waals surface area contributed by atoms with Crippen LogP contribution in [0.25, 0.3) is 0 Å². The molecule has 0 fully saturated rings. The predicted molar refractivity (Wildman–Crippen MR) is 22.8 cm³/mol. The van der Waals surface area contributed by atoms with Crippen LogP contribution >= 0.6 is 7.82 Å². The van der Waals surface area contributed by atoms with Gasteiger partial charge in [-0.05, 0) is 0 Å². The number of phosphoric acid groups is 1. The molecule has 0 heterocycles.